The van der Waals surface area contributed by atoms with Crippen molar-refractivity contribution in [2.24, 2.45) is 0 Å². The van der Waals surface area contributed by atoms with E-state index in [-0.39, 0.29) is 0 Å². The first-order valence-electron chi connectivity index (χ1n) is 14.4. The minimum absolute atomic E-state index is 0.819. The summed E-state index contributed by atoms with van der Waals surface area (Å²) in [6, 6.07) is 47.9. The van der Waals surface area contributed by atoms with Gasteiger partial charge in [-0.1, -0.05) is 121 Å². The lowest BCUT2D eigenvalue weighted by molar-refractivity contribution is 1.16. The molecule has 192 valence electrons. The highest BCUT2D eigenvalue weighted by Crippen LogP contribution is 2.43. The summed E-state index contributed by atoms with van der Waals surface area (Å²) in [5.74, 6) is 0.819. The van der Waals surface area contributed by atoms with Gasteiger partial charge in [-0.25, -0.2) is 0 Å². The van der Waals surface area contributed by atoms with Crippen molar-refractivity contribution >= 4 is 77.3 Å². The first-order chi connectivity index (χ1) is 20.3. The maximum absolute atomic E-state index is 4.62. The van der Waals surface area contributed by atoms with E-state index in [1.165, 1.54) is 92.5 Å². The molecule has 0 N–H and O–H groups in total. The Balaban J connectivity index is 1.33. The first kappa shape index (κ1) is 23.1. The van der Waals surface area contributed by atoms with E-state index < -0.39 is 0 Å². The van der Waals surface area contributed by atoms with E-state index in [1.54, 1.807) is 0 Å². The first-order valence-corrected chi connectivity index (χ1v) is 15.0. The lowest BCUT2D eigenvalue weighted by Gasteiger charge is -2.17. The number of benzene rings is 9. The molecule has 0 fully saturated rings. The van der Waals surface area contributed by atoms with Crippen molar-refractivity contribution in [1.82, 2.24) is 0 Å². The summed E-state index contributed by atoms with van der Waals surface area (Å²) >= 11 is 4.62. The van der Waals surface area contributed by atoms with Crippen LogP contribution in [0.25, 0.3) is 86.9 Å². The highest BCUT2D eigenvalue weighted by Gasteiger charge is 2.16. The summed E-state index contributed by atoms with van der Waals surface area (Å²) in [6.07, 6.45) is 0.932. The van der Waals surface area contributed by atoms with E-state index in [0.717, 1.165) is 12.2 Å². The molecule has 0 radical (unpaired) electrons. The van der Waals surface area contributed by atoms with Crippen LogP contribution in [0.4, 0.5) is 0 Å². The van der Waals surface area contributed by atoms with Crippen LogP contribution in [0.5, 0.6) is 0 Å². The van der Waals surface area contributed by atoms with Gasteiger partial charge in [0, 0.05) is 0 Å². The van der Waals surface area contributed by atoms with E-state index in [0.29, 0.717) is 0 Å². The third-order valence-electron chi connectivity index (χ3n) is 9.07. The van der Waals surface area contributed by atoms with Crippen molar-refractivity contribution in [3.63, 3.8) is 0 Å². The van der Waals surface area contributed by atoms with Crippen molar-refractivity contribution < 1.29 is 0 Å². The molecule has 0 amide bonds. The minimum atomic E-state index is 0.819. The maximum Gasteiger partial charge on any atom is -0.00206 e. The fraction of sp³-hybridized carbons (Fsp3) is 0.0500. The van der Waals surface area contributed by atoms with Gasteiger partial charge in [0.1, 0.15) is 0 Å². The molecule has 0 aliphatic heterocycles. The average molecular weight is 539 g/mol. The Morgan fingerprint density at radius 1 is 0.390 bits per heavy atom. The zero-order valence-corrected chi connectivity index (χ0v) is 23.4. The van der Waals surface area contributed by atoms with Gasteiger partial charge in [0.05, 0.1) is 0 Å². The van der Waals surface area contributed by atoms with Crippen LogP contribution in [0, 0.1) is 0 Å². The Morgan fingerprint density at radius 2 is 0.780 bits per heavy atom. The van der Waals surface area contributed by atoms with Gasteiger partial charge >= 0.3 is 0 Å². The molecule has 0 aromatic heterocycles. The predicted molar refractivity (Wildman–Crippen MR) is 182 cm³/mol. The van der Waals surface area contributed by atoms with Crippen LogP contribution in [0.3, 0.4) is 0 Å². The molecule has 41 heavy (non-hydrogen) atoms. The largest absolute Gasteiger partial charge is 0.179 e. The third-order valence-corrected chi connectivity index (χ3v) is 9.30. The second-order valence-corrected chi connectivity index (χ2v) is 11.8. The van der Waals surface area contributed by atoms with Gasteiger partial charge in [0.15, 0.2) is 0 Å². The Bertz CT molecular complexity index is 2230. The van der Waals surface area contributed by atoms with Crippen LogP contribution >= 0.6 is 12.6 Å². The lowest BCUT2D eigenvalue weighted by Crippen LogP contribution is -1.93. The molecule has 0 aliphatic rings. The number of hydrogen-bond acceptors (Lipinski definition) is 1. The summed E-state index contributed by atoms with van der Waals surface area (Å²) in [7, 11) is 0. The maximum atomic E-state index is 4.62. The molecular weight excluding hydrogens is 513 g/mol. The molecular formula is C40H26S. The van der Waals surface area contributed by atoms with Gasteiger partial charge in [-0.2, -0.15) is 12.6 Å². The van der Waals surface area contributed by atoms with Gasteiger partial charge in [-0.3, -0.25) is 0 Å². The lowest BCUT2D eigenvalue weighted by atomic mass is 9.86. The zero-order chi connectivity index (χ0) is 27.1. The average Bonchev–Trinajstić information content (AvgIpc) is 3.02. The molecule has 9 aromatic carbocycles. The number of rotatable bonds is 4. The SMILES string of the molecule is SCCc1cc(-c2ccc3ccc4cccc5ccc2c3c45)cc(-c2ccc3ccc4cccc5ccc2c3c45)c1. The molecule has 0 aliphatic carbocycles. The third kappa shape index (κ3) is 3.36. The molecule has 0 saturated carbocycles. The Kier molecular flexibility index (Phi) is 4.91. The van der Waals surface area contributed by atoms with Crippen LogP contribution in [-0.2, 0) is 6.42 Å². The summed E-state index contributed by atoms with van der Waals surface area (Å²) in [5, 5.41) is 15.9. The molecule has 9 rings (SSSR count). The quantitative estimate of drug-likeness (QED) is 0.167. The fourth-order valence-corrected chi connectivity index (χ4v) is 7.51. The van der Waals surface area contributed by atoms with Crippen molar-refractivity contribution in [3.05, 3.63) is 133 Å². The van der Waals surface area contributed by atoms with E-state index >= 15 is 0 Å². The molecule has 0 atom stereocenters. The van der Waals surface area contributed by atoms with E-state index in [2.05, 4.69) is 140 Å². The standard InChI is InChI=1S/C40H26S/c41-20-19-24-21-31(33-15-11-29-9-7-25-3-1-5-27-13-17-35(33)39(29)37(25)27)23-32(22-24)34-16-12-30-10-8-26-4-2-6-28-14-18-36(34)40(30)38(26)28/h1-18,21-23,41H,19-20H2. The molecule has 1 heteroatoms. The summed E-state index contributed by atoms with van der Waals surface area (Å²) in [6.45, 7) is 0. The van der Waals surface area contributed by atoms with E-state index in [1.807, 2.05) is 0 Å². The molecule has 0 unspecified atom stereocenters. The van der Waals surface area contributed by atoms with Crippen molar-refractivity contribution in [2.75, 3.05) is 5.75 Å². The minimum Gasteiger partial charge on any atom is -0.179 e. The predicted octanol–water partition coefficient (Wildman–Crippen LogP) is 11.3. The summed E-state index contributed by atoms with van der Waals surface area (Å²) < 4.78 is 0. The number of aryl methyl sites for hydroxylation is 1. The molecule has 0 nitrogen and oxygen atoms in total. The number of hydrogen-bond donors (Lipinski definition) is 1. The van der Waals surface area contributed by atoms with Crippen LogP contribution in [0.2, 0.25) is 0 Å². The molecule has 0 heterocycles. The van der Waals surface area contributed by atoms with Crippen molar-refractivity contribution in [2.45, 2.75) is 6.42 Å². The second-order valence-electron chi connectivity index (χ2n) is 11.3. The van der Waals surface area contributed by atoms with Gasteiger partial charge in [0.2, 0.25) is 0 Å². The number of thiol groups is 1. The van der Waals surface area contributed by atoms with E-state index in [9.17, 15) is 0 Å². The van der Waals surface area contributed by atoms with Crippen LogP contribution in [-0.4, -0.2) is 5.75 Å². The molecule has 0 spiro atoms. The van der Waals surface area contributed by atoms with Gasteiger partial charge in [0.25, 0.3) is 0 Å². The van der Waals surface area contributed by atoms with Crippen LogP contribution < -0.4 is 0 Å². The second kappa shape index (κ2) is 8.70. The van der Waals surface area contributed by atoms with E-state index in [4.69, 9.17) is 0 Å². The van der Waals surface area contributed by atoms with Crippen LogP contribution in [0.1, 0.15) is 5.56 Å². The van der Waals surface area contributed by atoms with Gasteiger partial charge < -0.3 is 0 Å². The van der Waals surface area contributed by atoms with Gasteiger partial charge in [-0.05, 0) is 111 Å². The normalized spacial score (nSPS) is 12.2. The summed E-state index contributed by atoms with van der Waals surface area (Å²) in [4.78, 5) is 0. The fourth-order valence-electron chi connectivity index (χ4n) is 7.25. The zero-order valence-electron chi connectivity index (χ0n) is 22.5. The highest BCUT2D eigenvalue weighted by atomic mass is 32.1. The molecule has 0 bridgehead atoms. The Morgan fingerprint density at radius 3 is 1.22 bits per heavy atom. The topological polar surface area (TPSA) is 0 Å². The van der Waals surface area contributed by atoms with Crippen molar-refractivity contribution in [1.29, 1.82) is 0 Å². The van der Waals surface area contributed by atoms with Gasteiger partial charge in [-0.15, -0.1) is 0 Å². The van der Waals surface area contributed by atoms with Crippen molar-refractivity contribution in [3.8, 4) is 22.3 Å². The Labute approximate surface area is 243 Å². The monoisotopic (exact) mass is 538 g/mol. The molecule has 0 saturated heterocycles. The Hall–Kier alpha value is -4.59. The highest BCUT2D eigenvalue weighted by molar-refractivity contribution is 7.80. The van der Waals surface area contributed by atoms with Crippen LogP contribution in [0.15, 0.2) is 127 Å². The summed E-state index contributed by atoms with van der Waals surface area (Å²) in [5.41, 5.74) is 6.43. The smallest absolute Gasteiger partial charge is 0.00206 e. The molecule has 9 aromatic rings.